The first-order chi connectivity index (χ1) is 11.2. The molecule has 1 N–H and O–H groups in total. The van der Waals surface area contributed by atoms with Gasteiger partial charge in [0, 0.05) is 9.75 Å². The van der Waals surface area contributed by atoms with E-state index in [-0.39, 0.29) is 5.91 Å². The van der Waals surface area contributed by atoms with Crippen LogP contribution in [0.25, 0.3) is 0 Å². The van der Waals surface area contributed by atoms with Gasteiger partial charge in [0.05, 0.1) is 12.0 Å². The van der Waals surface area contributed by atoms with Crippen LogP contribution >= 0.6 is 22.7 Å². The third kappa shape index (κ3) is 3.65. The molecule has 23 heavy (non-hydrogen) atoms. The van der Waals surface area contributed by atoms with E-state index in [0.29, 0.717) is 12.0 Å². The third-order valence-electron chi connectivity index (χ3n) is 4.34. The molecule has 0 spiro atoms. The van der Waals surface area contributed by atoms with E-state index in [1.54, 1.807) is 22.7 Å². The van der Waals surface area contributed by atoms with E-state index in [2.05, 4.69) is 18.3 Å². The molecule has 2 heterocycles. The monoisotopic (exact) mass is 344 g/mol. The SMILES string of the molecule is CCCC1CCc2c(sc(NC(=O)Cc3cccs3)c2C#N)C1. The fourth-order valence-corrected chi connectivity index (χ4v) is 5.29. The molecule has 1 unspecified atom stereocenters. The van der Waals surface area contributed by atoms with Crippen LogP contribution in [-0.4, -0.2) is 5.91 Å². The van der Waals surface area contributed by atoms with Crippen LogP contribution in [-0.2, 0) is 24.1 Å². The molecule has 0 radical (unpaired) electrons. The molecule has 0 fully saturated rings. The van der Waals surface area contributed by atoms with Gasteiger partial charge in [0.25, 0.3) is 0 Å². The lowest BCUT2D eigenvalue weighted by Gasteiger charge is -2.21. The average Bonchev–Trinajstić information content (AvgIpc) is 3.14. The smallest absolute Gasteiger partial charge is 0.230 e. The number of nitrogens with one attached hydrogen (secondary N) is 1. The van der Waals surface area contributed by atoms with Gasteiger partial charge >= 0.3 is 0 Å². The number of fused-ring (bicyclic) bond motifs is 1. The second kappa shape index (κ2) is 7.29. The molecule has 0 aliphatic heterocycles. The van der Waals surface area contributed by atoms with Crippen LogP contribution in [0.1, 0.15) is 47.1 Å². The first kappa shape index (κ1) is 16.2. The van der Waals surface area contributed by atoms with Crippen molar-refractivity contribution >= 4 is 33.6 Å². The molecule has 1 atom stereocenters. The van der Waals surface area contributed by atoms with Crippen LogP contribution in [0, 0.1) is 17.2 Å². The molecule has 3 rings (SSSR count). The lowest BCUT2D eigenvalue weighted by molar-refractivity contribution is -0.115. The second-order valence-electron chi connectivity index (χ2n) is 6.02. The van der Waals surface area contributed by atoms with Crippen LogP contribution in [0.15, 0.2) is 17.5 Å². The van der Waals surface area contributed by atoms with Gasteiger partial charge in [-0.2, -0.15) is 5.26 Å². The predicted octanol–water partition coefficient (Wildman–Crippen LogP) is 4.77. The maximum absolute atomic E-state index is 12.2. The van der Waals surface area contributed by atoms with Crippen molar-refractivity contribution in [2.75, 3.05) is 5.32 Å². The summed E-state index contributed by atoms with van der Waals surface area (Å²) in [5.41, 5.74) is 1.87. The maximum atomic E-state index is 12.2. The van der Waals surface area contributed by atoms with E-state index in [9.17, 15) is 10.1 Å². The number of carbonyl (C=O) groups is 1. The molecular weight excluding hydrogens is 324 g/mol. The van der Waals surface area contributed by atoms with E-state index in [1.807, 2.05) is 17.5 Å². The summed E-state index contributed by atoms with van der Waals surface area (Å²) in [6, 6.07) is 6.23. The molecule has 0 saturated heterocycles. The lowest BCUT2D eigenvalue weighted by Crippen LogP contribution is -2.14. The van der Waals surface area contributed by atoms with Gasteiger partial charge in [0.2, 0.25) is 5.91 Å². The predicted molar refractivity (Wildman–Crippen MR) is 96.1 cm³/mol. The number of hydrogen-bond acceptors (Lipinski definition) is 4. The van der Waals surface area contributed by atoms with Gasteiger partial charge in [-0.3, -0.25) is 4.79 Å². The molecule has 0 saturated carbocycles. The Morgan fingerprint density at radius 2 is 2.39 bits per heavy atom. The standard InChI is InChI=1S/C18H20N2OS2/c1-2-4-12-6-7-14-15(11-19)18(23-16(14)9-12)20-17(21)10-13-5-3-8-22-13/h3,5,8,12H,2,4,6-7,9-10H2,1H3,(H,20,21). The summed E-state index contributed by atoms with van der Waals surface area (Å²) in [6.07, 6.45) is 6.03. The summed E-state index contributed by atoms with van der Waals surface area (Å²) in [7, 11) is 0. The Morgan fingerprint density at radius 3 is 3.09 bits per heavy atom. The van der Waals surface area contributed by atoms with Crippen LogP contribution in [0.4, 0.5) is 5.00 Å². The third-order valence-corrected chi connectivity index (χ3v) is 6.39. The van der Waals surface area contributed by atoms with Crippen LogP contribution in [0.3, 0.4) is 0 Å². The summed E-state index contributed by atoms with van der Waals surface area (Å²) < 4.78 is 0. The van der Waals surface area contributed by atoms with Crippen molar-refractivity contribution in [1.82, 2.24) is 0 Å². The van der Waals surface area contributed by atoms with Gasteiger partial charge in [-0.15, -0.1) is 22.7 Å². The number of rotatable bonds is 5. The van der Waals surface area contributed by atoms with Crippen LogP contribution in [0.2, 0.25) is 0 Å². The fraction of sp³-hybridized carbons (Fsp3) is 0.444. The van der Waals surface area contributed by atoms with Gasteiger partial charge in [0.1, 0.15) is 11.1 Å². The maximum Gasteiger partial charge on any atom is 0.230 e. The van der Waals surface area contributed by atoms with E-state index >= 15 is 0 Å². The Kier molecular flexibility index (Phi) is 5.14. The summed E-state index contributed by atoms with van der Waals surface area (Å²) in [5.74, 6) is 0.694. The topological polar surface area (TPSA) is 52.9 Å². The second-order valence-corrected chi connectivity index (χ2v) is 8.16. The van der Waals surface area contributed by atoms with Crippen molar-refractivity contribution in [2.45, 2.75) is 45.4 Å². The molecule has 1 aliphatic carbocycles. The van der Waals surface area contributed by atoms with Crippen molar-refractivity contribution in [3.8, 4) is 6.07 Å². The van der Waals surface area contributed by atoms with Crippen molar-refractivity contribution in [2.24, 2.45) is 5.92 Å². The largest absolute Gasteiger partial charge is 0.316 e. The van der Waals surface area contributed by atoms with E-state index in [1.165, 1.54) is 23.3 Å². The molecule has 3 nitrogen and oxygen atoms in total. The van der Waals surface area contributed by atoms with Gasteiger partial charge in [-0.05, 0) is 42.2 Å². The number of nitrogens with zero attached hydrogens (tertiary/aromatic N) is 1. The summed E-state index contributed by atoms with van der Waals surface area (Å²) >= 11 is 3.19. The highest BCUT2D eigenvalue weighted by atomic mass is 32.1. The van der Waals surface area contributed by atoms with Crippen LogP contribution < -0.4 is 5.32 Å². The molecule has 2 aromatic rings. The molecule has 0 aromatic carbocycles. The number of thiophene rings is 2. The number of carbonyl (C=O) groups excluding carboxylic acids is 1. The zero-order chi connectivity index (χ0) is 16.2. The molecule has 120 valence electrons. The van der Waals surface area contributed by atoms with Crippen molar-refractivity contribution < 1.29 is 4.79 Å². The Balaban J connectivity index is 1.75. The molecular formula is C18H20N2OS2. The summed E-state index contributed by atoms with van der Waals surface area (Å²) in [6.45, 7) is 2.22. The first-order valence-electron chi connectivity index (χ1n) is 8.08. The number of amides is 1. The highest BCUT2D eigenvalue weighted by Gasteiger charge is 2.26. The van der Waals surface area contributed by atoms with E-state index in [0.717, 1.165) is 35.1 Å². The molecule has 2 aromatic heterocycles. The van der Waals surface area contributed by atoms with Gasteiger partial charge in [-0.1, -0.05) is 25.8 Å². The minimum absolute atomic E-state index is 0.0346. The number of anilines is 1. The van der Waals surface area contributed by atoms with Gasteiger partial charge in [-0.25, -0.2) is 0 Å². The zero-order valence-corrected chi connectivity index (χ0v) is 14.9. The number of hydrogen-bond donors (Lipinski definition) is 1. The van der Waals surface area contributed by atoms with Gasteiger partial charge < -0.3 is 5.32 Å². The summed E-state index contributed by atoms with van der Waals surface area (Å²) in [4.78, 5) is 14.6. The highest BCUT2D eigenvalue weighted by Crippen LogP contribution is 2.40. The Hall–Kier alpha value is -1.64. The first-order valence-corrected chi connectivity index (χ1v) is 9.77. The minimum Gasteiger partial charge on any atom is -0.316 e. The zero-order valence-electron chi connectivity index (χ0n) is 13.2. The van der Waals surface area contributed by atoms with E-state index < -0.39 is 0 Å². The quantitative estimate of drug-likeness (QED) is 0.849. The Labute approximate surface area is 145 Å². The normalized spacial score (nSPS) is 16.6. The van der Waals surface area contributed by atoms with Gasteiger partial charge in [0.15, 0.2) is 0 Å². The molecule has 0 bridgehead atoms. The fourth-order valence-electron chi connectivity index (χ4n) is 3.26. The summed E-state index contributed by atoms with van der Waals surface area (Å²) in [5, 5.41) is 15.2. The van der Waals surface area contributed by atoms with Crippen LogP contribution in [0.5, 0.6) is 0 Å². The average molecular weight is 345 g/mol. The lowest BCUT2D eigenvalue weighted by atomic mass is 9.85. The molecule has 1 amide bonds. The molecule has 5 heteroatoms. The van der Waals surface area contributed by atoms with Crippen molar-refractivity contribution in [3.63, 3.8) is 0 Å². The Bertz CT molecular complexity index is 725. The highest BCUT2D eigenvalue weighted by molar-refractivity contribution is 7.16. The number of nitriles is 1. The molecule has 1 aliphatic rings. The van der Waals surface area contributed by atoms with Crippen molar-refractivity contribution in [1.29, 1.82) is 5.26 Å². The minimum atomic E-state index is -0.0346. The Morgan fingerprint density at radius 1 is 1.52 bits per heavy atom. The van der Waals surface area contributed by atoms with Crippen molar-refractivity contribution in [3.05, 3.63) is 38.4 Å². The van der Waals surface area contributed by atoms with E-state index in [4.69, 9.17) is 0 Å².